The monoisotopic (exact) mass is 221 g/mol. The van der Waals surface area contributed by atoms with Gasteiger partial charge in [-0.05, 0) is 31.6 Å². The minimum absolute atomic E-state index is 0.254. The fourth-order valence-electron chi connectivity index (χ4n) is 2.31. The highest BCUT2D eigenvalue weighted by Crippen LogP contribution is 2.52. The van der Waals surface area contributed by atoms with Crippen LogP contribution in [0.2, 0.25) is 0 Å². The number of nitrogens with one attached hydrogen (secondary N) is 1. The van der Waals surface area contributed by atoms with Crippen molar-refractivity contribution >= 4 is 29.1 Å². The van der Waals surface area contributed by atoms with Crippen LogP contribution in [0.3, 0.4) is 0 Å². The third-order valence-corrected chi connectivity index (χ3v) is 3.45. The van der Waals surface area contributed by atoms with Crippen LogP contribution in [0.1, 0.15) is 26.2 Å². The van der Waals surface area contributed by atoms with Crippen molar-refractivity contribution in [1.29, 1.82) is 0 Å². The van der Waals surface area contributed by atoms with Gasteiger partial charge in [-0.3, -0.25) is 4.79 Å². The SMILES string of the molecule is CC(Cl)(Cl)C(=O)NC1[C@H]2CCC[C@@H]12. The Hall–Kier alpha value is 0.0500. The second kappa shape index (κ2) is 3.03. The minimum atomic E-state index is -1.28. The normalized spacial score (nSPS) is 37.0. The van der Waals surface area contributed by atoms with Crippen LogP contribution in [0.25, 0.3) is 0 Å². The first-order chi connectivity index (χ1) is 6.00. The summed E-state index contributed by atoms with van der Waals surface area (Å²) in [4.78, 5) is 11.4. The fraction of sp³-hybridized carbons (Fsp3) is 0.889. The van der Waals surface area contributed by atoms with Crippen LogP contribution in [0.4, 0.5) is 0 Å². The van der Waals surface area contributed by atoms with E-state index in [-0.39, 0.29) is 5.91 Å². The van der Waals surface area contributed by atoms with Gasteiger partial charge in [0.25, 0.3) is 5.91 Å². The molecule has 0 aromatic rings. The number of fused-ring (bicyclic) bond motifs is 1. The Kier molecular flexibility index (Phi) is 2.23. The zero-order chi connectivity index (χ0) is 9.64. The summed E-state index contributed by atoms with van der Waals surface area (Å²) in [7, 11) is 0. The summed E-state index contributed by atoms with van der Waals surface area (Å²) in [5.41, 5.74) is 0. The molecule has 2 fully saturated rings. The molecule has 1 N–H and O–H groups in total. The zero-order valence-corrected chi connectivity index (χ0v) is 9.03. The largest absolute Gasteiger partial charge is 0.350 e. The molecule has 0 aromatic carbocycles. The van der Waals surface area contributed by atoms with Gasteiger partial charge in [-0.1, -0.05) is 29.6 Å². The summed E-state index contributed by atoms with van der Waals surface area (Å²) in [6, 6.07) is 0.359. The van der Waals surface area contributed by atoms with Gasteiger partial charge in [0, 0.05) is 6.04 Å². The van der Waals surface area contributed by atoms with Crippen LogP contribution in [0, 0.1) is 11.8 Å². The predicted molar refractivity (Wildman–Crippen MR) is 52.9 cm³/mol. The lowest BCUT2D eigenvalue weighted by Gasteiger charge is -2.14. The van der Waals surface area contributed by atoms with Crippen molar-refractivity contribution in [2.75, 3.05) is 0 Å². The summed E-state index contributed by atoms with van der Waals surface area (Å²) in [6.07, 6.45) is 3.80. The van der Waals surface area contributed by atoms with Gasteiger partial charge in [-0.25, -0.2) is 0 Å². The summed E-state index contributed by atoms with van der Waals surface area (Å²) in [6.45, 7) is 1.50. The maximum Gasteiger partial charge on any atom is 0.256 e. The molecule has 4 heteroatoms. The van der Waals surface area contributed by atoms with Crippen LogP contribution in [0.15, 0.2) is 0 Å². The number of carbonyl (C=O) groups excluding carboxylic acids is 1. The van der Waals surface area contributed by atoms with Crippen LogP contribution >= 0.6 is 23.2 Å². The molecular weight excluding hydrogens is 209 g/mol. The molecule has 0 heterocycles. The number of alkyl halides is 2. The molecular formula is C9H13Cl2NO. The van der Waals surface area contributed by atoms with Gasteiger partial charge in [-0.15, -0.1) is 0 Å². The number of rotatable bonds is 2. The van der Waals surface area contributed by atoms with E-state index in [1.807, 2.05) is 0 Å². The maximum absolute atomic E-state index is 11.4. The number of amides is 1. The van der Waals surface area contributed by atoms with Gasteiger partial charge in [-0.2, -0.15) is 0 Å². The molecule has 3 atom stereocenters. The van der Waals surface area contributed by atoms with Crippen LogP contribution in [-0.4, -0.2) is 16.3 Å². The number of hydrogen-bond donors (Lipinski definition) is 1. The van der Waals surface area contributed by atoms with Crippen LogP contribution in [0.5, 0.6) is 0 Å². The zero-order valence-electron chi connectivity index (χ0n) is 7.52. The molecule has 13 heavy (non-hydrogen) atoms. The van der Waals surface area contributed by atoms with E-state index in [0.29, 0.717) is 17.9 Å². The first-order valence-electron chi connectivity index (χ1n) is 4.69. The van der Waals surface area contributed by atoms with E-state index in [0.717, 1.165) is 0 Å². The number of hydrogen-bond acceptors (Lipinski definition) is 1. The summed E-state index contributed by atoms with van der Waals surface area (Å²) >= 11 is 11.3. The Morgan fingerprint density at radius 3 is 2.38 bits per heavy atom. The number of carbonyl (C=O) groups is 1. The Morgan fingerprint density at radius 2 is 1.92 bits per heavy atom. The Bertz CT molecular complexity index is 226. The second-order valence-electron chi connectivity index (χ2n) is 4.15. The molecule has 1 amide bonds. The standard InChI is InChI=1S/C9H13Cl2NO/c1-9(10,11)8(13)12-7-5-3-2-4-6(5)7/h5-7H,2-4H2,1H3,(H,12,13)/t5-,6+,7?. The van der Waals surface area contributed by atoms with Crippen molar-refractivity contribution in [1.82, 2.24) is 5.32 Å². The molecule has 0 bridgehead atoms. The van der Waals surface area contributed by atoms with Gasteiger partial charge < -0.3 is 5.32 Å². The van der Waals surface area contributed by atoms with E-state index in [1.54, 1.807) is 0 Å². The van der Waals surface area contributed by atoms with Crippen molar-refractivity contribution in [3.63, 3.8) is 0 Å². The molecule has 0 spiro atoms. The fourth-order valence-corrected chi connectivity index (χ4v) is 2.42. The quantitative estimate of drug-likeness (QED) is 0.712. The smallest absolute Gasteiger partial charge is 0.256 e. The maximum atomic E-state index is 11.4. The average molecular weight is 222 g/mol. The molecule has 0 aromatic heterocycles. The van der Waals surface area contributed by atoms with Crippen LogP contribution < -0.4 is 5.32 Å². The van der Waals surface area contributed by atoms with Crippen LogP contribution in [-0.2, 0) is 4.79 Å². The van der Waals surface area contributed by atoms with E-state index >= 15 is 0 Å². The van der Waals surface area contributed by atoms with Crippen molar-refractivity contribution in [2.24, 2.45) is 11.8 Å². The highest BCUT2D eigenvalue weighted by atomic mass is 35.5. The van der Waals surface area contributed by atoms with Crippen molar-refractivity contribution in [3.8, 4) is 0 Å². The van der Waals surface area contributed by atoms with E-state index in [9.17, 15) is 4.79 Å². The Morgan fingerprint density at radius 1 is 1.38 bits per heavy atom. The van der Waals surface area contributed by atoms with Gasteiger partial charge in [0.2, 0.25) is 0 Å². The molecule has 0 saturated heterocycles. The number of halogens is 2. The molecule has 2 rings (SSSR count). The van der Waals surface area contributed by atoms with Gasteiger partial charge >= 0.3 is 0 Å². The van der Waals surface area contributed by atoms with E-state index in [1.165, 1.54) is 26.2 Å². The highest BCUT2D eigenvalue weighted by Gasteiger charge is 2.54. The van der Waals surface area contributed by atoms with Gasteiger partial charge in [0.1, 0.15) is 0 Å². The lowest BCUT2D eigenvalue weighted by Crippen LogP contribution is -2.39. The topological polar surface area (TPSA) is 29.1 Å². The molecule has 0 radical (unpaired) electrons. The van der Waals surface area contributed by atoms with E-state index in [4.69, 9.17) is 23.2 Å². The molecule has 2 nitrogen and oxygen atoms in total. The first kappa shape index (κ1) is 9.60. The van der Waals surface area contributed by atoms with Crippen molar-refractivity contribution in [3.05, 3.63) is 0 Å². The summed E-state index contributed by atoms with van der Waals surface area (Å²) in [5.74, 6) is 1.16. The van der Waals surface area contributed by atoms with E-state index in [2.05, 4.69) is 5.32 Å². The van der Waals surface area contributed by atoms with Gasteiger partial charge in [0.15, 0.2) is 4.33 Å². The summed E-state index contributed by atoms with van der Waals surface area (Å²) in [5, 5.41) is 2.89. The molecule has 2 saturated carbocycles. The molecule has 2 aliphatic rings. The van der Waals surface area contributed by atoms with Crippen molar-refractivity contribution in [2.45, 2.75) is 36.6 Å². The third-order valence-electron chi connectivity index (χ3n) is 3.10. The van der Waals surface area contributed by atoms with Crippen molar-refractivity contribution < 1.29 is 4.79 Å². The first-order valence-corrected chi connectivity index (χ1v) is 5.44. The molecule has 74 valence electrons. The predicted octanol–water partition coefficient (Wildman–Crippen LogP) is 2.09. The lowest BCUT2D eigenvalue weighted by atomic mass is 10.2. The average Bonchev–Trinajstić information content (AvgIpc) is 2.47. The minimum Gasteiger partial charge on any atom is -0.350 e. The molecule has 2 aliphatic carbocycles. The van der Waals surface area contributed by atoms with E-state index < -0.39 is 4.33 Å². The van der Waals surface area contributed by atoms with Gasteiger partial charge in [0.05, 0.1) is 0 Å². The summed E-state index contributed by atoms with van der Waals surface area (Å²) < 4.78 is -1.28. The molecule has 0 aliphatic heterocycles. The molecule has 1 unspecified atom stereocenters. The Balaban J connectivity index is 1.84. The third kappa shape index (κ3) is 1.79. The second-order valence-corrected chi connectivity index (χ2v) is 5.85. The highest BCUT2D eigenvalue weighted by molar-refractivity contribution is 6.57. The Labute approximate surface area is 88.0 Å². The lowest BCUT2D eigenvalue weighted by molar-refractivity contribution is -0.121.